The first-order chi connectivity index (χ1) is 18.0. The minimum atomic E-state index is -4.11. The number of sulfonamides is 1. The van der Waals surface area contributed by atoms with E-state index in [-0.39, 0.29) is 43.0 Å². The fourth-order valence-corrected chi connectivity index (χ4v) is 5.08. The van der Waals surface area contributed by atoms with Gasteiger partial charge in [0.2, 0.25) is 16.0 Å². The van der Waals surface area contributed by atoms with Gasteiger partial charge < -0.3 is 14.2 Å². The maximum absolute atomic E-state index is 14.2. The zero-order chi connectivity index (χ0) is 27.6. The molecule has 13 heteroatoms. The lowest BCUT2D eigenvalue weighted by Gasteiger charge is -2.26. The number of fused-ring (bicyclic) bond motifs is 3. The monoisotopic (exact) mass is 548 g/mol. The third kappa shape index (κ3) is 6.11. The van der Waals surface area contributed by atoms with Gasteiger partial charge in [-0.05, 0) is 65.3 Å². The number of halogens is 1. The molecule has 1 aromatic carbocycles. The molecule has 3 heterocycles. The summed E-state index contributed by atoms with van der Waals surface area (Å²) in [5.74, 6) is 0.399. The highest BCUT2D eigenvalue weighted by Gasteiger charge is 2.37. The van der Waals surface area contributed by atoms with E-state index in [1.165, 1.54) is 25.1 Å². The van der Waals surface area contributed by atoms with Crippen molar-refractivity contribution in [3.05, 3.63) is 47.8 Å². The maximum Gasteiger partial charge on any atom is 0.240 e. The number of anilines is 1. The number of benzene rings is 1. The predicted molar refractivity (Wildman–Crippen MR) is 139 cm³/mol. The van der Waals surface area contributed by atoms with Gasteiger partial charge in [0.25, 0.3) is 0 Å². The number of aromatic nitrogens is 5. The molecule has 0 spiro atoms. The van der Waals surface area contributed by atoms with Crippen LogP contribution >= 0.6 is 0 Å². The molecule has 1 aliphatic rings. The van der Waals surface area contributed by atoms with Crippen molar-refractivity contribution >= 4 is 16.0 Å². The molecule has 0 saturated carbocycles. The van der Waals surface area contributed by atoms with Crippen LogP contribution in [0.15, 0.2) is 30.6 Å². The van der Waals surface area contributed by atoms with Gasteiger partial charge in [-0.25, -0.2) is 22.8 Å². The molecule has 2 aromatic heterocycles. The number of nitrogens with zero attached hydrogens (tertiary/aromatic N) is 5. The number of rotatable bonds is 10. The largest absolute Gasteiger partial charge is 0.491 e. The second-order valence-electron chi connectivity index (χ2n) is 9.78. The number of hydrogen-bond acceptors (Lipinski definition) is 9. The molecule has 206 valence electrons. The van der Waals surface area contributed by atoms with Crippen molar-refractivity contribution in [3.63, 3.8) is 0 Å². The summed E-state index contributed by atoms with van der Waals surface area (Å²) >= 11 is 0. The SMILES string of the molecule is Cc1cnc(C(OC(C)C)C(C)S(=O)(=O)Nc2nnc3n2[C@@H](COC(C)C)COc2ccc(F)cc2-3)nc1. The van der Waals surface area contributed by atoms with Gasteiger partial charge >= 0.3 is 0 Å². The quantitative estimate of drug-likeness (QED) is 0.402. The first kappa shape index (κ1) is 27.9. The number of ether oxygens (including phenoxy) is 3. The van der Waals surface area contributed by atoms with Crippen molar-refractivity contribution in [1.29, 1.82) is 0 Å². The molecule has 38 heavy (non-hydrogen) atoms. The zero-order valence-corrected chi connectivity index (χ0v) is 23.1. The third-order valence-electron chi connectivity index (χ3n) is 5.92. The van der Waals surface area contributed by atoms with Crippen LogP contribution in [0.4, 0.5) is 10.3 Å². The standard InChI is InChI=1S/C25H33FN6O5S/c1-14(2)35-12-19-13-36-21-8-7-18(26)9-20(21)24-29-30-25(32(19)24)31-38(33,34)17(6)22(37-15(3)4)23-27-10-16(5)11-28-23/h7-11,14-15,17,19,22H,12-13H2,1-6H3,(H,30,31)/t17?,19-,22?/m0/s1. The molecular weight excluding hydrogens is 515 g/mol. The summed E-state index contributed by atoms with van der Waals surface area (Å²) in [6, 6.07) is 3.59. The Hall–Kier alpha value is -3.16. The Morgan fingerprint density at radius 1 is 1.13 bits per heavy atom. The molecule has 0 saturated heterocycles. The summed E-state index contributed by atoms with van der Waals surface area (Å²) in [6.07, 6.45) is 1.91. The molecule has 3 aromatic rings. The highest BCUT2D eigenvalue weighted by Crippen LogP contribution is 2.37. The fraction of sp³-hybridized carbons (Fsp3) is 0.520. The summed E-state index contributed by atoms with van der Waals surface area (Å²) < 4.78 is 63.3. The maximum atomic E-state index is 14.2. The van der Waals surface area contributed by atoms with Gasteiger partial charge in [-0.15, -0.1) is 10.2 Å². The predicted octanol–water partition coefficient (Wildman–Crippen LogP) is 3.84. The minimum absolute atomic E-state index is 0.0435. The van der Waals surface area contributed by atoms with E-state index in [4.69, 9.17) is 14.2 Å². The van der Waals surface area contributed by atoms with Gasteiger partial charge in [-0.1, -0.05) is 0 Å². The highest BCUT2D eigenvalue weighted by molar-refractivity contribution is 7.93. The van der Waals surface area contributed by atoms with Crippen LogP contribution in [0.5, 0.6) is 5.75 Å². The lowest BCUT2D eigenvalue weighted by Crippen LogP contribution is -2.35. The van der Waals surface area contributed by atoms with Crippen LogP contribution in [0.2, 0.25) is 0 Å². The molecule has 2 unspecified atom stereocenters. The van der Waals surface area contributed by atoms with Gasteiger partial charge in [-0.2, -0.15) is 0 Å². The van der Waals surface area contributed by atoms with Gasteiger partial charge in [0.05, 0.1) is 30.4 Å². The van der Waals surface area contributed by atoms with E-state index in [9.17, 15) is 12.8 Å². The molecule has 0 radical (unpaired) electrons. The third-order valence-corrected chi connectivity index (χ3v) is 7.61. The van der Waals surface area contributed by atoms with E-state index in [0.29, 0.717) is 11.3 Å². The Morgan fingerprint density at radius 3 is 2.50 bits per heavy atom. The Kier molecular flexibility index (Phi) is 8.28. The van der Waals surface area contributed by atoms with Gasteiger partial charge in [0, 0.05) is 12.4 Å². The lowest BCUT2D eigenvalue weighted by molar-refractivity contribution is 0.00151. The first-order valence-corrected chi connectivity index (χ1v) is 14.0. The van der Waals surface area contributed by atoms with Gasteiger partial charge in [0.1, 0.15) is 29.5 Å². The molecule has 0 fully saturated rings. The van der Waals surface area contributed by atoms with Crippen molar-refractivity contribution in [3.8, 4) is 17.1 Å². The summed E-state index contributed by atoms with van der Waals surface area (Å²) in [4.78, 5) is 8.60. The molecule has 1 aliphatic heterocycles. The molecule has 11 nitrogen and oxygen atoms in total. The second-order valence-corrected chi connectivity index (χ2v) is 11.8. The Morgan fingerprint density at radius 2 is 1.84 bits per heavy atom. The average molecular weight is 549 g/mol. The van der Waals surface area contributed by atoms with Crippen LogP contribution in [0, 0.1) is 12.7 Å². The Labute approximate surface area is 221 Å². The number of aryl methyl sites for hydroxylation is 1. The first-order valence-electron chi connectivity index (χ1n) is 12.4. The summed E-state index contributed by atoms with van der Waals surface area (Å²) in [7, 11) is -4.11. The number of nitrogens with one attached hydrogen (secondary N) is 1. The van der Waals surface area contributed by atoms with E-state index in [1.54, 1.807) is 17.0 Å². The normalized spacial score (nSPS) is 16.9. The molecule has 0 amide bonds. The minimum Gasteiger partial charge on any atom is -0.491 e. The van der Waals surface area contributed by atoms with E-state index >= 15 is 0 Å². The van der Waals surface area contributed by atoms with Crippen molar-refractivity contribution < 1.29 is 27.0 Å². The molecule has 1 N–H and O–H groups in total. The zero-order valence-electron chi connectivity index (χ0n) is 22.3. The van der Waals surface area contributed by atoms with Crippen LogP contribution in [0.3, 0.4) is 0 Å². The van der Waals surface area contributed by atoms with E-state index in [0.717, 1.165) is 5.56 Å². The van der Waals surface area contributed by atoms with Crippen LogP contribution in [-0.4, -0.2) is 63.8 Å². The summed E-state index contributed by atoms with van der Waals surface area (Å²) in [5, 5.41) is 7.24. The fourth-order valence-electron chi connectivity index (χ4n) is 3.99. The molecule has 0 bridgehead atoms. The van der Waals surface area contributed by atoms with Crippen molar-refractivity contribution in [2.24, 2.45) is 0 Å². The molecule has 0 aliphatic carbocycles. The second kappa shape index (κ2) is 11.3. The molecule has 4 rings (SSSR count). The van der Waals surface area contributed by atoms with Gasteiger partial charge in [-0.3, -0.25) is 9.29 Å². The average Bonchev–Trinajstić information content (AvgIpc) is 3.18. The summed E-state index contributed by atoms with van der Waals surface area (Å²) in [5.41, 5.74) is 1.20. The van der Waals surface area contributed by atoms with Crippen LogP contribution < -0.4 is 9.46 Å². The topological polar surface area (TPSA) is 130 Å². The Balaban J connectivity index is 1.72. The van der Waals surface area contributed by atoms with Crippen molar-refractivity contribution in [1.82, 2.24) is 24.7 Å². The van der Waals surface area contributed by atoms with Crippen LogP contribution in [-0.2, 0) is 19.5 Å². The Bertz CT molecular complexity index is 1360. The number of hydrogen-bond donors (Lipinski definition) is 1. The lowest BCUT2D eigenvalue weighted by atomic mass is 10.2. The van der Waals surface area contributed by atoms with E-state index < -0.39 is 33.2 Å². The van der Waals surface area contributed by atoms with Crippen molar-refractivity contribution in [2.45, 2.75) is 71.1 Å². The van der Waals surface area contributed by atoms with E-state index in [2.05, 4.69) is 24.9 Å². The molecule has 3 atom stereocenters. The highest BCUT2D eigenvalue weighted by atomic mass is 32.2. The smallest absolute Gasteiger partial charge is 0.240 e. The van der Waals surface area contributed by atoms with Crippen LogP contribution in [0.25, 0.3) is 11.4 Å². The van der Waals surface area contributed by atoms with E-state index in [1.807, 2.05) is 34.6 Å². The molecular formula is C25H33FN6O5S. The van der Waals surface area contributed by atoms with Gasteiger partial charge in [0.15, 0.2) is 11.6 Å². The van der Waals surface area contributed by atoms with Crippen LogP contribution in [0.1, 0.15) is 58.2 Å². The summed E-state index contributed by atoms with van der Waals surface area (Å²) in [6.45, 7) is 11.1. The van der Waals surface area contributed by atoms with Crippen molar-refractivity contribution in [2.75, 3.05) is 17.9 Å².